The van der Waals surface area contributed by atoms with Gasteiger partial charge in [-0.15, -0.1) is 5.10 Å². The van der Waals surface area contributed by atoms with Crippen molar-refractivity contribution in [3.05, 3.63) is 59.8 Å². The van der Waals surface area contributed by atoms with Crippen molar-refractivity contribution < 1.29 is 4.79 Å². The van der Waals surface area contributed by atoms with Crippen LogP contribution in [0.2, 0.25) is 0 Å². The zero-order valence-corrected chi connectivity index (χ0v) is 14.9. The first-order valence-corrected chi connectivity index (χ1v) is 8.54. The summed E-state index contributed by atoms with van der Waals surface area (Å²) in [6.45, 7) is 3.93. The van der Waals surface area contributed by atoms with Gasteiger partial charge in [-0.05, 0) is 49.2 Å². The second-order valence-electron chi connectivity index (χ2n) is 6.01. The third-order valence-corrected chi connectivity index (χ3v) is 4.10. The lowest BCUT2D eigenvalue weighted by molar-refractivity contribution is -0.115. The molecule has 0 radical (unpaired) electrons. The number of nitrogens with two attached hydrogens (primary N) is 1. The Morgan fingerprint density at radius 2 is 2.08 bits per heavy atom. The summed E-state index contributed by atoms with van der Waals surface area (Å²) in [5.41, 5.74) is 10.4. The largest absolute Gasteiger partial charge is 0.404 e. The number of Topliss-reactive ketones (excluding diaryl/α,β-unsaturated/α-hetero) is 1. The SMILES string of the molecule is CCCC(=O)C(C=Nc1ccc(-n2nnc3ccccc32)cc1C)=CN. The first-order chi connectivity index (χ1) is 12.6. The van der Waals surface area contributed by atoms with Crippen LogP contribution in [0.4, 0.5) is 5.69 Å². The molecule has 2 aromatic carbocycles. The number of aliphatic imine (C=N–C) groups is 1. The third kappa shape index (κ3) is 3.54. The number of benzene rings is 2. The van der Waals surface area contributed by atoms with E-state index in [9.17, 15) is 4.79 Å². The Morgan fingerprint density at radius 1 is 1.27 bits per heavy atom. The van der Waals surface area contributed by atoms with Crippen LogP contribution in [-0.4, -0.2) is 27.0 Å². The van der Waals surface area contributed by atoms with E-state index in [4.69, 9.17) is 5.73 Å². The van der Waals surface area contributed by atoms with Gasteiger partial charge in [-0.3, -0.25) is 9.79 Å². The van der Waals surface area contributed by atoms with Crippen molar-refractivity contribution in [1.82, 2.24) is 15.0 Å². The molecule has 0 fully saturated rings. The van der Waals surface area contributed by atoms with Gasteiger partial charge >= 0.3 is 0 Å². The van der Waals surface area contributed by atoms with E-state index in [-0.39, 0.29) is 5.78 Å². The van der Waals surface area contributed by atoms with Crippen LogP contribution in [0.15, 0.2) is 59.2 Å². The van der Waals surface area contributed by atoms with E-state index >= 15 is 0 Å². The predicted octanol–water partition coefficient (Wildman–Crippen LogP) is 3.64. The third-order valence-electron chi connectivity index (χ3n) is 4.10. The van der Waals surface area contributed by atoms with Crippen LogP contribution in [0.5, 0.6) is 0 Å². The summed E-state index contributed by atoms with van der Waals surface area (Å²) in [5, 5.41) is 8.40. The number of allylic oxidation sites excluding steroid dienone is 1. The summed E-state index contributed by atoms with van der Waals surface area (Å²) < 4.78 is 1.80. The number of carbonyl (C=O) groups is 1. The molecular formula is C20H21N5O. The summed E-state index contributed by atoms with van der Waals surface area (Å²) in [5.74, 6) is 0.00195. The van der Waals surface area contributed by atoms with Crippen LogP contribution in [0.3, 0.4) is 0 Å². The molecule has 6 nitrogen and oxygen atoms in total. The zero-order chi connectivity index (χ0) is 18.5. The van der Waals surface area contributed by atoms with Crippen molar-refractivity contribution >= 4 is 28.7 Å². The van der Waals surface area contributed by atoms with E-state index < -0.39 is 0 Å². The minimum absolute atomic E-state index is 0.00195. The van der Waals surface area contributed by atoms with Gasteiger partial charge in [-0.1, -0.05) is 24.3 Å². The smallest absolute Gasteiger partial charge is 0.165 e. The van der Waals surface area contributed by atoms with Crippen LogP contribution in [0.25, 0.3) is 16.7 Å². The Balaban J connectivity index is 1.88. The van der Waals surface area contributed by atoms with Gasteiger partial charge in [0.2, 0.25) is 0 Å². The van der Waals surface area contributed by atoms with Crippen molar-refractivity contribution in [1.29, 1.82) is 0 Å². The van der Waals surface area contributed by atoms with Gasteiger partial charge in [-0.25, -0.2) is 4.68 Å². The summed E-state index contributed by atoms with van der Waals surface area (Å²) in [4.78, 5) is 16.4. The molecule has 0 aliphatic rings. The highest BCUT2D eigenvalue weighted by molar-refractivity contribution is 6.13. The van der Waals surface area contributed by atoms with Crippen LogP contribution in [0.1, 0.15) is 25.3 Å². The molecule has 6 heteroatoms. The van der Waals surface area contributed by atoms with Gasteiger partial charge in [0.1, 0.15) is 5.52 Å². The first kappa shape index (κ1) is 17.5. The van der Waals surface area contributed by atoms with Gasteiger partial charge in [0.15, 0.2) is 5.78 Å². The molecule has 0 bridgehead atoms. The van der Waals surface area contributed by atoms with Crippen molar-refractivity contribution in [3.63, 3.8) is 0 Å². The molecule has 0 spiro atoms. The lowest BCUT2D eigenvalue weighted by Gasteiger charge is -2.06. The molecule has 3 aromatic rings. The number of fused-ring (bicyclic) bond motifs is 1. The number of hydrogen-bond acceptors (Lipinski definition) is 5. The second-order valence-corrected chi connectivity index (χ2v) is 6.01. The number of ketones is 1. The predicted molar refractivity (Wildman–Crippen MR) is 104 cm³/mol. The van der Waals surface area contributed by atoms with Gasteiger partial charge < -0.3 is 5.73 Å². The van der Waals surface area contributed by atoms with Gasteiger partial charge in [0, 0.05) is 18.8 Å². The maximum Gasteiger partial charge on any atom is 0.165 e. The van der Waals surface area contributed by atoms with E-state index in [1.54, 1.807) is 4.68 Å². The van der Waals surface area contributed by atoms with E-state index in [1.807, 2.05) is 56.3 Å². The second kappa shape index (κ2) is 7.74. The molecule has 0 saturated carbocycles. The molecule has 132 valence electrons. The Morgan fingerprint density at radius 3 is 2.81 bits per heavy atom. The molecule has 2 N–H and O–H groups in total. The fourth-order valence-electron chi connectivity index (χ4n) is 2.69. The molecule has 3 rings (SSSR count). The number of nitrogens with zero attached hydrogens (tertiary/aromatic N) is 4. The first-order valence-electron chi connectivity index (χ1n) is 8.54. The molecule has 1 aromatic heterocycles. The van der Waals surface area contributed by atoms with Crippen LogP contribution >= 0.6 is 0 Å². The van der Waals surface area contributed by atoms with Crippen LogP contribution in [-0.2, 0) is 4.79 Å². The number of hydrogen-bond donors (Lipinski definition) is 1. The number of para-hydroxylation sites is 1. The quantitative estimate of drug-likeness (QED) is 0.545. The molecule has 26 heavy (non-hydrogen) atoms. The van der Waals surface area contributed by atoms with E-state index in [1.165, 1.54) is 12.4 Å². The summed E-state index contributed by atoms with van der Waals surface area (Å²) in [6.07, 6.45) is 4.09. The normalized spacial score (nSPS) is 12.2. The standard InChI is InChI=1S/C20H21N5O/c1-3-6-20(26)15(12-21)13-22-17-10-9-16(11-14(17)2)25-19-8-5-4-7-18(19)23-24-25/h4-5,7-13H,3,6,21H2,1-2H3. The topological polar surface area (TPSA) is 86.2 Å². The molecule has 0 saturated heterocycles. The van der Waals surface area contributed by atoms with Crippen molar-refractivity contribution in [2.45, 2.75) is 26.7 Å². The molecular weight excluding hydrogens is 326 g/mol. The number of carbonyl (C=O) groups excluding carboxylic acids is 1. The maximum absolute atomic E-state index is 12.0. The summed E-state index contributed by atoms with van der Waals surface area (Å²) >= 11 is 0. The van der Waals surface area contributed by atoms with E-state index in [2.05, 4.69) is 15.3 Å². The van der Waals surface area contributed by atoms with E-state index in [0.29, 0.717) is 12.0 Å². The molecule has 0 atom stereocenters. The summed E-state index contributed by atoms with van der Waals surface area (Å²) in [7, 11) is 0. The van der Waals surface area contributed by atoms with Gasteiger partial charge in [-0.2, -0.15) is 0 Å². The van der Waals surface area contributed by atoms with Crippen LogP contribution in [0, 0.1) is 6.92 Å². The molecule has 0 amide bonds. The van der Waals surface area contributed by atoms with Crippen molar-refractivity contribution in [2.24, 2.45) is 10.7 Å². The maximum atomic E-state index is 12.0. The monoisotopic (exact) mass is 347 g/mol. The number of aromatic nitrogens is 3. The van der Waals surface area contributed by atoms with E-state index in [0.717, 1.165) is 34.4 Å². The Labute approximate surface area is 152 Å². The van der Waals surface area contributed by atoms with Gasteiger partial charge in [0.25, 0.3) is 0 Å². The van der Waals surface area contributed by atoms with Crippen molar-refractivity contribution in [2.75, 3.05) is 0 Å². The molecule has 0 aliphatic carbocycles. The minimum Gasteiger partial charge on any atom is -0.404 e. The average molecular weight is 347 g/mol. The minimum atomic E-state index is 0.00195. The zero-order valence-electron chi connectivity index (χ0n) is 14.9. The Hall–Kier alpha value is -3.28. The Kier molecular flexibility index (Phi) is 5.22. The molecule has 0 unspecified atom stereocenters. The summed E-state index contributed by atoms with van der Waals surface area (Å²) in [6, 6.07) is 13.6. The van der Waals surface area contributed by atoms with Crippen LogP contribution < -0.4 is 5.73 Å². The number of rotatable bonds is 6. The molecule has 1 heterocycles. The number of aryl methyl sites for hydroxylation is 1. The highest BCUT2D eigenvalue weighted by atomic mass is 16.1. The molecule has 0 aliphatic heterocycles. The van der Waals surface area contributed by atoms with Gasteiger partial charge in [0.05, 0.1) is 22.5 Å². The fraction of sp³-hybridized carbons (Fsp3) is 0.200. The Bertz CT molecular complexity index is 1000. The highest BCUT2D eigenvalue weighted by Crippen LogP contribution is 2.23. The average Bonchev–Trinajstić information content (AvgIpc) is 3.07. The highest BCUT2D eigenvalue weighted by Gasteiger charge is 2.08. The fourth-order valence-corrected chi connectivity index (χ4v) is 2.69. The van der Waals surface area contributed by atoms with Crippen molar-refractivity contribution in [3.8, 4) is 5.69 Å². The lowest BCUT2D eigenvalue weighted by Crippen LogP contribution is -2.05. The lowest BCUT2D eigenvalue weighted by atomic mass is 10.1.